The van der Waals surface area contributed by atoms with Gasteiger partial charge in [0.25, 0.3) is 0 Å². The Morgan fingerprint density at radius 3 is 2.39 bits per heavy atom. The first-order valence-corrected chi connectivity index (χ1v) is 7.15. The van der Waals surface area contributed by atoms with Gasteiger partial charge in [-0.15, -0.1) is 0 Å². The lowest BCUT2D eigenvalue weighted by Crippen LogP contribution is -2.26. The number of pyridine rings is 1. The Kier molecular flexibility index (Phi) is 7.42. The van der Waals surface area contributed by atoms with E-state index in [1.54, 1.807) is 0 Å². The summed E-state index contributed by atoms with van der Waals surface area (Å²) in [6.07, 6.45) is 6.95. The number of anilines is 1. The van der Waals surface area contributed by atoms with Crippen molar-refractivity contribution >= 4 is 5.69 Å². The minimum absolute atomic E-state index is 0.968. The molecule has 0 aliphatic rings. The SMILES string of the molecule is CCCCN(CCCC)Cc1cc(NC)ccn1. The molecule has 3 nitrogen and oxygen atoms in total. The van der Waals surface area contributed by atoms with Gasteiger partial charge in [-0.3, -0.25) is 9.88 Å². The zero-order valence-electron chi connectivity index (χ0n) is 12.1. The predicted molar refractivity (Wildman–Crippen MR) is 78.9 cm³/mol. The van der Waals surface area contributed by atoms with E-state index in [4.69, 9.17) is 0 Å². The van der Waals surface area contributed by atoms with Crippen molar-refractivity contribution in [2.24, 2.45) is 0 Å². The van der Waals surface area contributed by atoms with Crippen molar-refractivity contribution in [3.8, 4) is 0 Å². The summed E-state index contributed by atoms with van der Waals surface area (Å²) < 4.78 is 0. The molecular weight excluding hydrogens is 222 g/mol. The number of aromatic nitrogens is 1. The molecule has 1 aromatic rings. The minimum atomic E-state index is 0.968. The van der Waals surface area contributed by atoms with Gasteiger partial charge in [0.15, 0.2) is 0 Å². The molecule has 0 radical (unpaired) electrons. The zero-order valence-corrected chi connectivity index (χ0v) is 12.1. The molecule has 1 heterocycles. The van der Waals surface area contributed by atoms with Crippen LogP contribution in [0.3, 0.4) is 0 Å². The molecule has 18 heavy (non-hydrogen) atoms. The Balaban J connectivity index is 2.56. The number of hydrogen-bond acceptors (Lipinski definition) is 3. The van der Waals surface area contributed by atoms with E-state index in [0.29, 0.717) is 0 Å². The number of unbranched alkanes of at least 4 members (excludes halogenated alkanes) is 2. The molecule has 0 bridgehead atoms. The zero-order chi connectivity index (χ0) is 13.2. The monoisotopic (exact) mass is 249 g/mol. The summed E-state index contributed by atoms with van der Waals surface area (Å²) in [7, 11) is 1.95. The molecule has 1 rings (SSSR count). The fourth-order valence-electron chi connectivity index (χ4n) is 1.98. The second-order valence-corrected chi connectivity index (χ2v) is 4.77. The van der Waals surface area contributed by atoms with Gasteiger partial charge in [-0.2, -0.15) is 0 Å². The molecule has 0 aliphatic heterocycles. The van der Waals surface area contributed by atoms with Gasteiger partial charge < -0.3 is 5.32 Å². The van der Waals surface area contributed by atoms with E-state index < -0.39 is 0 Å². The lowest BCUT2D eigenvalue weighted by atomic mass is 10.2. The summed E-state index contributed by atoms with van der Waals surface area (Å²) in [5.74, 6) is 0. The second-order valence-electron chi connectivity index (χ2n) is 4.77. The van der Waals surface area contributed by atoms with Crippen LogP contribution in [-0.2, 0) is 6.54 Å². The van der Waals surface area contributed by atoms with Crippen LogP contribution in [-0.4, -0.2) is 30.0 Å². The van der Waals surface area contributed by atoms with Gasteiger partial charge in [0.1, 0.15) is 0 Å². The lowest BCUT2D eigenvalue weighted by Gasteiger charge is -2.21. The number of rotatable bonds is 9. The maximum absolute atomic E-state index is 4.46. The normalized spacial score (nSPS) is 10.9. The van der Waals surface area contributed by atoms with Crippen molar-refractivity contribution in [3.05, 3.63) is 24.0 Å². The first-order chi connectivity index (χ1) is 8.80. The minimum Gasteiger partial charge on any atom is -0.388 e. The van der Waals surface area contributed by atoms with E-state index in [1.807, 2.05) is 19.3 Å². The van der Waals surface area contributed by atoms with Crippen LogP contribution in [0.2, 0.25) is 0 Å². The highest BCUT2D eigenvalue weighted by Crippen LogP contribution is 2.10. The van der Waals surface area contributed by atoms with Crippen LogP contribution in [0.25, 0.3) is 0 Å². The van der Waals surface area contributed by atoms with Gasteiger partial charge in [-0.05, 0) is 38.1 Å². The molecule has 0 saturated carbocycles. The van der Waals surface area contributed by atoms with E-state index in [2.05, 4.69) is 35.1 Å². The Bertz CT molecular complexity index is 317. The van der Waals surface area contributed by atoms with E-state index in [0.717, 1.165) is 17.9 Å². The lowest BCUT2D eigenvalue weighted by molar-refractivity contribution is 0.254. The molecular formula is C15H27N3. The van der Waals surface area contributed by atoms with Crippen LogP contribution in [0.5, 0.6) is 0 Å². The van der Waals surface area contributed by atoms with E-state index in [9.17, 15) is 0 Å². The van der Waals surface area contributed by atoms with E-state index in [-0.39, 0.29) is 0 Å². The Morgan fingerprint density at radius 2 is 1.83 bits per heavy atom. The smallest absolute Gasteiger partial charge is 0.0564 e. The first kappa shape index (κ1) is 15.0. The van der Waals surface area contributed by atoms with Crippen LogP contribution in [0.4, 0.5) is 5.69 Å². The third-order valence-electron chi connectivity index (χ3n) is 3.15. The number of nitrogens with one attached hydrogen (secondary N) is 1. The number of nitrogens with zero attached hydrogens (tertiary/aromatic N) is 2. The Labute approximate surface area is 112 Å². The molecule has 1 aromatic heterocycles. The summed E-state index contributed by atoms with van der Waals surface area (Å²) in [5.41, 5.74) is 2.31. The molecule has 0 aliphatic carbocycles. The molecule has 0 spiro atoms. The molecule has 1 N–H and O–H groups in total. The average Bonchev–Trinajstić information content (AvgIpc) is 2.42. The van der Waals surface area contributed by atoms with Crippen molar-refractivity contribution in [3.63, 3.8) is 0 Å². The predicted octanol–water partition coefficient (Wildman–Crippen LogP) is 3.53. The molecule has 102 valence electrons. The van der Waals surface area contributed by atoms with Crippen molar-refractivity contribution in [1.82, 2.24) is 9.88 Å². The van der Waals surface area contributed by atoms with Crippen LogP contribution in [0.1, 0.15) is 45.2 Å². The highest BCUT2D eigenvalue weighted by molar-refractivity contribution is 5.42. The van der Waals surface area contributed by atoms with Crippen LogP contribution in [0, 0.1) is 0 Å². The van der Waals surface area contributed by atoms with E-state index >= 15 is 0 Å². The topological polar surface area (TPSA) is 28.2 Å². The largest absolute Gasteiger partial charge is 0.388 e. The molecule has 0 fully saturated rings. The number of hydrogen-bond donors (Lipinski definition) is 1. The van der Waals surface area contributed by atoms with Crippen molar-refractivity contribution in [1.29, 1.82) is 0 Å². The van der Waals surface area contributed by atoms with Gasteiger partial charge in [0.05, 0.1) is 5.69 Å². The molecule has 0 atom stereocenters. The average molecular weight is 249 g/mol. The summed E-state index contributed by atoms with van der Waals surface area (Å²) in [6.45, 7) is 7.83. The summed E-state index contributed by atoms with van der Waals surface area (Å²) in [4.78, 5) is 6.98. The first-order valence-electron chi connectivity index (χ1n) is 7.15. The van der Waals surface area contributed by atoms with Gasteiger partial charge in [0, 0.05) is 25.5 Å². The fraction of sp³-hybridized carbons (Fsp3) is 0.667. The highest BCUT2D eigenvalue weighted by atomic mass is 15.1. The van der Waals surface area contributed by atoms with Crippen LogP contribution in [0.15, 0.2) is 18.3 Å². The molecule has 0 unspecified atom stereocenters. The van der Waals surface area contributed by atoms with Gasteiger partial charge in [-0.25, -0.2) is 0 Å². The molecule has 0 amide bonds. The van der Waals surface area contributed by atoms with Gasteiger partial charge >= 0.3 is 0 Å². The Hall–Kier alpha value is -1.09. The van der Waals surface area contributed by atoms with Crippen molar-refractivity contribution in [2.75, 3.05) is 25.5 Å². The third-order valence-corrected chi connectivity index (χ3v) is 3.15. The maximum Gasteiger partial charge on any atom is 0.0564 e. The fourth-order valence-corrected chi connectivity index (χ4v) is 1.98. The molecule has 0 saturated heterocycles. The summed E-state index contributed by atoms with van der Waals surface area (Å²) in [6, 6.07) is 4.15. The highest BCUT2D eigenvalue weighted by Gasteiger charge is 2.06. The summed E-state index contributed by atoms with van der Waals surface area (Å²) >= 11 is 0. The van der Waals surface area contributed by atoms with Crippen LogP contribution >= 0.6 is 0 Å². The molecule has 3 heteroatoms. The van der Waals surface area contributed by atoms with Crippen molar-refractivity contribution in [2.45, 2.75) is 46.1 Å². The van der Waals surface area contributed by atoms with Crippen molar-refractivity contribution < 1.29 is 0 Å². The molecule has 0 aromatic carbocycles. The summed E-state index contributed by atoms with van der Waals surface area (Å²) in [5, 5.41) is 3.17. The van der Waals surface area contributed by atoms with E-state index in [1.165, 1.54) is 38.8 Å². The van der Waals surface area contributed by atoms with Crippen LogP contribution < -0.4 is 5.32 Å². The Morgan fingerprint density at radius 1 is 1.17 bits per heavy atom. The second kappa shape index (κ2) is 8.92. The third kappa shape index (κ3) is 5.50. The standard InChI is InChI=1S/C15H27N3/c1-4-6-10-18(11-7-5-2)13-15-12-14(16-3)8-9-17-15/h8-9,12H,4-7,10-11,13H2,1-3H3,(H,16,17). The van der Waals surface area contributed by atoms with Gasteiger partial charge in [-0.1, -0.05) is 26.7 Å². The van der Waals surface area contributed by atoms with Gasteiger partial charge in [0.2, 0.25) is 0 Å². The maximum atomic E-state index is 4.46. The quantitative estimate of drug-likeness (QED) is 0.725.